The lowest BCUT2D eigenvalue weighted by molar-refractivity contribution is -0.117. The monoisotopic (exact) mass is 665 g/mol. The minimum Gasteiger partial charge on any atom is -0.515 e. The molecule has 4 N–H and O–H groups in total. The molecule has 1 aliphatic rings. The SMILES string of the molecule is C/C=C\C(=C/O)CC(=O)Nc1ccc(NC(=O)c2cc(NC(=O)C3C(c4cc(Cl)cc(Cl)c4)C3(Cl)Cl)ccc2Cl)cc1. The van der Waals surface area contributed by atoms with Gasteiger partial charge >= 0.3 is 0 Å². The van der Waals surface area contributed by atoms with E-state index in [1.165, 1.54) is 12.1 Å². The molecule has 0 radical (unpaired) electrons. The Morgan fingerprint density at radius 2 is 1.45 bits per heavy atom. The molecule has 1 aliphatic carbocycles. The molecule has 0 saturated heterocycles. The van der Waals surface area contributed by atoms with Crippen molar-refractivity contribution in [2.45, 2.75) is 23.6 Å². The Morgan fingerprint density at radius 1 is 0.857 bits per heavy atom. The van der Waals surface area contributed by atoms with Crippen LogP contribution in [0.2, 0.25) is 15.1 Å². The minimum atomic E-state index is -1.36. The van der Waals surface area contributed by atoms with E-state index in [1.54, 1.807) is 67.6 Å². The topological polar surface area (TPSA) is 108 Å². The summed E-state index contributed by atoms with van der Waals surface area (Å²) in [5.74, 6) is -2.58. The maximum atomic E-state index is 13.1. The molecule has 7 nitrogen and oxygen atoms in total. The van der Waals surface area contributed by atoms with Crippen LogP contribution in [0.4, 0.5) is 17.1 Å². The van der Waals surface area contributed by atoms with E-state index in [-0.39, 0.29) is 22.9 Å². The number of carbonyl (C=O) groups is 3. The number of alkyl halides is 2. The molecule has 3 amide bonds. The number of aliphatic hydroxyl groups is 1. The summed E-state index contributed by atoms with van der Waals surface area (Å²) in [6.07, 6.45) is 4.23. The summed E-state index contributed by atoms with van der Waals surface area (Å²) in [5, 5.41) is 18.4. The predicted octanol–water partition coefficient (Wildman–Crippen LogP) is 8.77. The van der Waals surface area contributed by atoms with Crippen LogP contribution in [0.25, 0.3) is 0 Å². The molecule has 0 spiro atoms. The third kappa shape index (κ3) is 7.60. The zero-order valence-electron chi connectivity index (χ0n) is 21.9. The molecule has 2 atom stereocenters. The summed E-state index contributed by atoms with van der Waals surface area (Å²) >= 11 is 31.4. The first-order valence-corrected chi connectivity index (χ1v) is 14.4. The lowest BCUT2D eigenvalue weighted by Gasteiger charge is -2.11. The van der Waals surface area contributed by atoms with Crippen LogP contribution in [0.3, 0.4) is 0 Å². The highest BCUT2D eigenvalue weighted by Gasteiger charge is 2.67. The highest BCUT2D eigenvalue weighted by atomic mass is 35.5. The molecule has 0 aromatic heterocycles. The molecule has 3 aromatic rings. The summed E-state index contributed by atoms with van der Waals surface area (Å²) in [6, 6.07) is 15.8. The normalized spacial score (nSPS) is 17.5. The third-order valence-corrected chi connectivity index (χ3v) is 8.10. The van der Waals surface area contributed by atoms with E-state index in [4.69, 9.17) is 58.0 Å². The van der Waals surface area contributed by atoms with E-state index < -0.39 is 28.0 Å². The number of hydrogen-bond donors (Lipinski definition) is 4. The summed E-state index contributed by atoms with van der Waals surface area (Å²) in [5.41, 5.74) is 2.49. The average molecular weight is 668 g/mol. The number of hydrogen-bond acceptors (Lipinski definition) is 4. The fourth-order valence-electron chi connectivity index (χ4n) is 4.41. The Kier molecular flexibility index (Phi) is 10.1. The second-order valence-corrected chi connectivity index (χ2v) is 12.2. The number of nitrogens with one attached hydrogen (secondary N) is 3. The predicted molar refractivity (Wildman–Crippen MR) is 170 cm³/mol. The average Bonchev–Trinajstić information content (AvgIpc) is 3.51. The van der Waals surface area contributed by atoms with E-state index in [0.717, 1.165) is 6.26 Å². The van der Waals surface area contributed by atoms with Gasteiger partial charge in [0.15, 0.2) is 0 Å². The van der Waals surface area contributed by atoms with Gasteiger partial charge in [-0.2, -0.15) is 0 Å². The van der Waals surface area contributed by atoms with Crippen LogP contribution in [-0.2, 0) is 9.59 Å². The maximum absolute atomic E-state index is 13.1. The molecule has 2 unspecified atom stereocenters. The molecule has 12 heteroatoms. The van der Waals surface area contributed by atoms with Crippen molar-refractivity contribution in [1.29, 1.82) is 0 Å². The first-order valence-electron chi connectivity index (χ1n) is 12.5. The third-order valence-electron chi connectivity index (χ3n) is 6.40. The standard InChI is InChI=1S/C30H24Cl5N3O4/c1-2-3-16(15-39)10-25(40)36-20-4-6-21(7-5-20)37-28(41)23-14-22(8-9-24(23)33)38-29(42)27-26(30(27,34)35)17-11-18(31)13-19(32)12-17/h2-9,11-15,26-27,39H,10H2,1H3,(H,36,40)(H,37,41)(H,38,42)/b3-2-,16-15+. The van der Waals surface area contributed by atoms with Gasteiger partial charge in [0.25, 0.3) is 5.91 Å². The quantitative estimate of drug-likeness (QED) is 0.104. The summed E-state index contributed by atoms with van der Waals surface area (Å²) in [6.45, 7) is 1.78. The van der Waals surface area contributed by atoms with Crippen molar-refractivity contribution in [2.24, 2.45) is 5.92 Å². The maximum Gasteiger partial charge on any atom is 0.257 e. The first kappa shape index (κ1) is 31.7. The lowest BCUT2D eigenvalue weighted by atomic mass is 10.1. The number of allylic oxidation sites excluding steroid dienone is 2. The number of benzene rings is 3. The zero-order valence-corrected chi connectivity index (χ0v) is 25.7. The fourth-order valence-corrected chi connectivity index (χ4v) is 5.98. The van der Waals surface area contributed by atoms with Crippen molar-refractivity contribution in [1.82, 2.24) is 0 Å². The van der Waals surface area contributed by atoms with Gasteiger partial charge < -0.3 is 21.1 Å². The highest BCUT2D eigenvalue weighted by Crippen LogP contribution is 2.65. The van der Waals surface area contributed by atoms with Crippen molar-refractivity contribution in [3.05, 3.63) is 111 Å². The molecule has 0 bridgehead atoms. The van der Waals surface area contributed by atoms with Crippen LogP contribution in [0.1, 0.15) is 35.2 Å². The summed E-state index contributed by atoms with van der Waals surface area (Å²) in [4.78, 5) is 38.3. The van der Waals surface area contributed by atoms with Gasteiger partial charge in [0.1, 0.15) is 4.33 Å². The molecule has 3 aromatic carbocycles. The van der Waals surface area contributed by atoms with E-state index in [1.807, 2.05) is 0 Å². The van der Waals surface area contributed by atoms with Gasteiger partial charge in [-0.1, -0.05) is 47.0 Å². The first-order chi connectivity index (χ1) is 19.9. The van der Waals surface area contributed by atoms with E-state index in [9.17, 15) is 19.5 Å². The number of halogens is 5. The smallest absolute Gasteiger partial charge is 0.257 e. The number of anilines is 3. The van der Waals surface area contributed by atoms with Crippen LogP contribution in [0.5, 0.6) is 0 Å². The lowest BCUT2D eigenvalue weighted by Crippen LogP contribution is -2.18. The van der Waals surface area contributed by atoms with E-state index in [0.29, 0.717) is 38.2 Å². The van der Waals surface area contributed by atoms with Crippen molar-refractivity contribution in [2.75, 3.05) is 16.0 Å². The Labute approximate surface area is 267 Å². The Bertz CT molecular complexity index is 1570. The molecule has 0 heterocycles. The van der Waals surface area contributed by atoms with Crippen LogP contribution in [0, 0.1) is 5.92 Å². The number of aliphatic hydroxyl groups excluding tert-OH is 1. The van der Waals surface area contributed by atoms with Crippen molar-refractivity contribution >= 4 is 92.8 Å². The van der Waals surface area contributed by atoms with Crippen LogP contribution >= 0.6 is 58.0 Å². The molecular weight excluding hydrogens is 644 g/mol. The van der Waals surface area contributed by atoms with Gasteiger partial charge in [0, 0.05) is 33.0 Å². The van der Waals surface area contributed by atoms with Gasteiger partial charge in [-0.3, -0.25) is 14.4 Å². The molecule has 4 rings (SSSR count). The van der Waals surface area contributed by atoms with Crippen molar-refractivity contribution in [3.8, 4) is 0 Å². The van der Waals surface area contributed by atoms with E-state index in [2.05, 4.69) is 16.0 Å². The molecule has 0 aliphatic heterocycles. The molecule has 1 fully saturated rings. The van der Waals surface area contributed by atoms with Crippen LogP contribution in [0.15, 0.2) is 84.7 Å². The van der Waals surface area contributed by atoms with Gasteiger partial charge in [-0.05, 0) is 78.7 Å². The Hall–Kier alpha value is -3.20. The van der Waals surface area contributed by atoms with Gasteiger partial charge in [-0.15, -0.1) is 23.2 Å². The number of carbonyl (C=O) groups excluding carboxylic acids is 3. The van der Waals surface area contributed by atoms with Gasteiger partial charge in [-0.25, -0.2) is 0 Å². The zero-order chi connectivity index (χ0) is 30.6. The second kappa shape index (κ2) is 13.4. The fraction of sp³-hybridized carbons (Fsp3) is 0.167. The van der Waals surface area contributed by atoms with Gasteiger partial charge in [0.05, 0.1) is 29.2 Å². The Morgan fingerprint density at radius 3 is 2.05 bits per heavy atom. The largest absolute Gasteiger partial charge is 0.515 e. The molecule has 1 saturated carbocycles. The minimum absolute atomic E-state index is 0.00215. The second-order valence-electron chi connectivity index (χ2n) is 9.48. The number of amides is 3. The summed E-state index contributed by atoms with van der Waals surface area (Å²) < 4.78 is -1.36. The molecule has 218 valence electrons. The molecule has 42 heavy (non-hydrogen) atoms. The van der Waals surface area contributed by atoms with E-state index >= 15 is 0 Å². The highest BCUT2D eigenvalue weighted by molar-refractivity contribution is 6.53. The van der Waals surface area contributed by atoms with Crippen LogP contribution in [-0.4, -0.2) is 27.2 Å². The van der Waals surface area contributed by atoms with Crippen LogP contribution < -0.4 is 16.0 Å². The number of rotatable bonds is 9. The van der Waals surface area contributed by atoms with Crippen molar-refractivity contribution < 1.29 is 19.5 Å². The molecular formula is C30H24Cl5N3O4. The Balaban J connectivity index is 1.40. The van der Waals surface area contributed by atoms with Gasteiger partial charge in [0.2, 0.25) is 11.8 Å². The summed E-state index contributed by atoms with van der Waals surface area (Å²) in [7, 11) is 0. The van der Waals surface area contributed by atoms with Crippen molar-refractivity contribution in [3.63, 3.8) is 0 Å².